The van der Waals surface area contributed by atoms with E-state index >= 15 is 0 Å². The van der Waals surface area contributed by atoms with Crippen molar-refractivity contribution in [3.05, 3.63) is 28.3 Å². The predicted octanol–water partition coefficient (Wildman–Crippen LogP) is 4.01. The Balaban J connectivity index is 2.21. The third-order valence-electron chi connectivity index (χ3n) is 3.99. The van der Waals surface area contributed by atoms with Gasteiger partial charge in [0.05, 0.1) is 7.11 Å². The van der Waals surface area contributed by atoms with E-state index in [0.717, 1.165) is 36.2 Å². The van der Waals surface area contributed by atoms with Crippen molar-refractivity contribution in [2.24, 2.45) is 5.92 Å². The van der Waals surface area contributed by atoms with Crippen LogP contribution < -0.4 is 10.1 Å². The first kappa shape index (κ1) is 14.7. The van der Waals surface area contributed by atoms with Crippen molar-refractivity contribution in [3.63, 3.8) is 0 Å². The van der Waals surface area contributed by atoms with Crippen LogP contribution in [0.25, 0.3) is 0 Å². The van der Waals surface area contributed by atoms with Gasteiger partial charge < -0.3 is 10.1 Å². The molecule has 0 atom stereocenters. The van der Waals surface area contributed by atoms with Gasteiger partial charge in [-0.1, -0.05) is 25.4 Å². The third kappa shape index (κ3) is 3.64. The van der Waals surface area contributed by atoms with Crippen LogP contribution in [0.5, 0.6) is 5.75 Å². The maximum atomic E-state index is 6.40. The van der Waals surface area contributed by atoms with Gasteiger partial charge in [-0.3, -0.25) is 0 Å². The fourth-order valence-corrected chi connectivity index (χ4v) is 3.20. The van der Waals surface area contributed by atoms with Crippen LogP contribution in [0.4, 0.5) is 0 Å². The molecule has 0 radical (unpaired) electrons. The molecular weight excluding hydrogens is 258 g/mol. The van der Waals surface area contributed by atoms with Crippen molar-refractivity contribution in [1.82, 2.24) is 5.32 Å². The van der Waals surface area contributed by atoms with Gasteiger partial charge in [0.2, 0.25) is 0 Å². The molecule has 19 heavy (non-hydrogen) atoms. The molecule has 0 amide bonds. The topological polar surface area (TPSA) is 21.3 Å². The highest BCUT2D eigenvalue weighted by molar-refractivity contribution is 6.31. The predicted molar refractivity (Wildman–Crippen MR) is 81.4 cm³/mol. The number of hydrogen-bond acceptors (Lipinski definition) is 2. The van der Waals surface area contributed by atoms with E-state index in [-0.39, 0.29) is 0 Å². The normalized spacial score (nSPS) is 16.9. The van der Waals surface area contributed by atoms with Gasteiger partial charge in [-0.2, -0.15) is 0 Å². The van der Waals surface area contributed by atoms with Gasteiger partial charge in [0.15, 0.2) is 0 Å². The zero-order chi connectivity index (χ0) is 13.8. The maximum Gasteiger partial charge on any atom is 0.122 e. The molecule has 1 aliphatic rings. The Hall–Kier alpha value is -0.730. The Morgan fingerprint density at radius 1 is 1.32 bits per heavy atom. The number of hydrogen-bond donors (Lipinski definition) is 1. The molecule has 0 bridgehead atoms. The summed E-state index contributed by atoms with van der Waals surface area (Å²) in [7, 11) is 1.75. The molecule has 0 aromatic heterocycles. The van der Waals surface area contributed by atoms with Gasteiger partial charge in [-0.25, -0.2) is 0 Å². The second kappa shape index (κ2) is 6.62. The van der Waals surface area contributed by atoms with E-state index in [0.29, 0.717) is 5.92 Å². The summed E-state index contributed by atoms with van der Waals surface area (Å²) in [5, 5.41) is 4.28. The molecular formula is C16H24ClNO. The van der Waals surface area contributed by atoms with E-state index < -0.39 is 0 Å². The Morgan fingerprint density at radius 3 is 2.58 bits per heavy atom. The molecule has 0 spiro atoms. The van der Waals surface area contributed by atoms with Crippen LogP contribution in [0.3, 0.4) is 0 Å². The number of halogens is 1. The Morgan fingerprint density at radius 2 is 2.00 bits per heavy atom. The average molecular weight is 282 g/mol. The minimum atomic E-state index is 0.425. The lowest BCUT2D eigenvalue weighted by molar-refractivity contribution is 0.361. The van der Waals surface area contributed by atoms with E-state index in [9.17, 15) is 0 Å². The summed E-state index contributed by atoms with van der Waals surface area (Å²) in [5.41, 5.74) is 2.43. The molecule has 1 aliphatic heterocycles. The van der Waals surface area contributed by atoms with Crippen LogP contribution in [0.1, 0.15) is 43.7 Å². The van der Waals surface area contributed by atoms with Crippen LogP contribution in [-0.2, 0) is 6.42 Å². The Labute approximate surface area is 121 Å². The van der Waals surface area contributed by atoms with Crippen LogP contribution in [0.2, 0.25) is 5.02 Å². The maximum absolute atomic E-state index is 6.40. The van der Waals surface area contributed by atoms with Gasteiger partial charge in [-0.15, -0.1) is 0 Å². The zero-order valence-corrected chi connectivity index (χ0v) is 12.9. The van der Waals surface area contributed by atoms with E-state index in [2.05, 4.69) is 31.3 Å². The molecule has 1 saturated heterocycles. The number of piperidine rings is 1. The Bertz CT molecular complexity index is 425. The number of ether oxygens (including phenoxy) is 1. The fourth-order valence-electron chi connectivity index (χ4n) is 2.80. The number of rotatable bonds is 4. The van der Waals surface area contributed by atoms with Crippen molar-refractivity contribution in [3.8, 4) is 5.75 Å². The van der Waals surface area contributed by atoms with Crippen molar-refractivity contribution in [2.75, 3.05) is 20.2 Å². The minimum absolute atomic E-state index is 0.425. The molecule has 1 fully saturated rings. The second-order valence-corrected chi connectivity index (χ2v) is 6.14. The van der Waals surface area contributed by atoms with Crippen LogP contribution >= 0.6 is 11.6 Å². The SMILES string of the molecule is COc1cc(C(C)C)c(Cl)cc1CC1CCNCC1. The molecule has 3 heteroatoms. The van der Waals surface area contributed by atoms with Gasteiger partial charge in [0, 0.05) is 5.02 Å². The molecule has 2 nitrogen and oxygen atoms in total. The molecule has 2 rings (SSSR count). The van der Waals surface area contributed by atoms with Gasteiger partial charge >= 0.3 is 0 Å². The van der Waals surface area contributed by atoms with E-state index in [1.165, 1.54) is 24.0 Å². The summed E-state index contributed by atoms with van der Waals surface area (Å²) in [6.45, 7) is 6.58. The summed E-state index contributed by atoms with van der Waals surface area (Å²) in [6.07, 6.45) is 3.56. The number of nitrogens with one attached hydrogen (secondary N) is 1. The van der Waals surface area contributed by atoms with Crippen LogP contribution in [-0.4, -0.2) is 20.2 Å². The zero-order valence-electron chi connectivity index (χ0n) is 12.1. The van der Waals surface area contributed by atoms with Gasteiger partial charge in [0.25, 0.3) is 0 Å². The smallest absolute Gasteiger partial charge is 0.122 e. The molecule has 0 aliphatic carbocycles. The molecule has 1 N–H and O–H groups in total. The van der Waals surface area contributed by atoms with E-state index in [1.807, 2.05) is 0 Å². The standard InChI is InChI=1S/C16H24ClNO/c1-11(2)14-10-16(19-3)13(9-15(14)17)8-12-4-6-18-7-5-12/h9-12,18H,4-8H2,1-3H3. The summed E-state index contributed by atoms with van der Waals surface area (Å²) >= 11 is 6.40. The van der Waals surface area contributed by atoms with Gasteiger partial charge in [0.1, 0.15) is 5.75 Å². The highest BCUT2D eigenvalue weighted by Crippen LogP contribution is 2.33. The molecule has 1 aromatic rings. The van der Waals surface area contributed by atoms with Crippen molar-refractivity contribution in [2.45, 2.75) is 39.0 Å². The minimum Gasteiger partial charge on any atom is -0.496 e. The summed E-state index contributed by atoms with van der Waals surface area (Å²) in [5.74, 6) is 2.16. The van der Waals surface area contributed by atoms with Gasteiger partial charge in [-0.05, 0) is 67.4 Å². The molecule has 0 unspecified atom stereocenters. The quantitative estimate of drug-likeness (QED) is 0.900. The summed E-state index contributed by atoms with van der Waals surface area (Å²) in [6, 6.07) is 4.22. The number of benzene rings is 1. The molecule has 1 aromatic carbocycles. The Kier molecular flexibility index (Phi) is 5.12. The summed E-state index contributed by atoms with van der Waals surface area (Å²) < 4.78 is 5.56. The third-order valence-corrected chi connectivity index (χ3v) is 4.32. The molecule has 0 saturated carbocycles. The van der Waals surface area contributed by atoms with E-state index in [1.54, 1.807) is 7.11 Å². The molecule has 106 valence electrons. The first-order valence-electron chi connectivity index (χ1n) is 7.18. The fraction of sp³-hybridized carbons (Fsp3) is 0.625. The van der Waals surface area contributed by atoms with Crippen molar-refractivity contribution in [1.29, 1.82) is 0 Å². The number of methoxy groups -OCH3 is 1. The highest BCUT2D eigenvalue weighted by Gasteiger charge is 2.18. The van der Waals surface area contributed by atoms with Crippen molar-refractivity contribution >= 4 is 11.6 Å². The lowest BCUT2D eigenvalue weighted by atomic mass is 9.89. The first-order chi connectivity index (χ1) is 9.11. The van der Waals surface area contributed by atoms with Crippen LogP contribution in [0.15, 0.2) is 12.1 Å². The first-order valence-corrected chi connectivity index (χ1v) is 7.56. The van der Waals surface area contributed by atoms with E-state index in [4.69, 9.17) is 16.3 Å². The van der Waals surface area contributed by atoms with Crippen molar-refractivity contribution < 1.29 is 4.74 Å². The largest absolute Gasteiger partial charge is 0.496 e. The second-order valence-electron chi connectivity index (χ2n) is 5.74. The lowest BCUT2D eigenvalue weighted by Gasteiger charge is -2.24. The van der Waals surface area contributed by atoms with Crippen LogP contribution in [0, 0.1) is 5.92 Å². The average Bonchev–Trinajstić information content (AvgIpc) is 2.39. The highest BCUT2D eigenvalue weighted by atomic mass is 35.5. The monoisotopic (exact) mass is 281 g/mol. The lowest BCUT2D eigenvalue weighted by Crippen LogP contribution is -2.28. The summed E-state index contributed by atoms with van der Waals surface area (Å²) in [4.78, 5) is 0. The molecule has 1 heterocycles.